The normalized spacial score (nSPS) is 24.1. The predicted octanol–water partition coefficient (Wildman–Crippen LogP) is 3.72. The molecule has 3 amide bonds. The third kappa shape index (κ3) is 3.71. The van der Waals surface area contributed by atoms with Crippen LogP contribution < -0.4 is 14.5 Å². The van der Waals surface area contributed by atoms with Gasteiger partial charge in [-0.05, 0) is 68.1 Å². The van der Waals surface area contributed by atoms with Crippen molar-refractivity contribution >= 4 is 35.1 Å². The average molecular weight is 459 g/mol. The van der Waals surface area contributed by atoms with Crippen molar-refractivity contribution in [3.63, 3.8) is 0 Å². The summed E-state index contributed by atoms with van der Waals surface area (Å²) in [7, 11) is 0. The van der Waals surface area contributed by atoms with Gasteiger partial charge in [0.1, 0.15) is 5.75 Å². The van der Waals surface area contributed by atoms with Crippen molar-refractivity contribution in [1.29, 1.82) is 0 Å². The molecule has 7 nitrogen and oxygen atoms in total. The number of nitrogens with zero attached hydrogens (tertiary/aromatic N) is 2. The lowest BCUT2D eigenvalue weighted by atomic mass is 9.85. The zero-order chi connectivity index (χ0) is 24.0. The summed E-state index contributed by atoms with van der Waals surface area (Å²) in [6.45, 7) is 4.23. The van der Waals surface area contributed by atoms with E-state index in [2.05, 4.69) is 0 Å². The van der Waals surface area contributed by atoms with Gasteiger partial charge in [0.25, 0.3) is 0 Å². The van der Waals surface area contributed by atoms with Crippen LogP contribution in [0.5, 0.6) is 5.75 Å². The Morgan fingerprint density at radius 1 is 0.912 bits per heavy atom. The van der Waals surface area contributed by atoms with Crippen LogP contribution in [0.15, 0.2) is 54.6 Å². The summed E-state index contributed by atoms with van der Waals surface area (Å²) in [5, 5.41) is 0. The first-order valence-electron chi connectivity index (χ1n) is 11.6. The molecular formula is C27H26N2O5. The van der Waals surface area contributed by atoms with Crippen LogP contribution >= 0.6 is 0 Å². The Morgan fingerprint density at radius 3 is 2.21 bits per heavy atom. The van der Waals surface area contributed by atoms with Crippen LogP contribution in [0, 0.1) is 31.6 Å². The third-order valence-electron chi connectivity index (χ3n) is 7.15. The molecule has 0 unspecified atom stereocenters. The van der Waals surface area contributed by atoms with Crippen LogP contribution in [0.25, 0.3) is 0 Å². The number of benzene rings is 2. The van der Waals surface area contributed by atoms with E-state index in [9.17, 15) is 19.2 Å². The Labute approximate surface area is 198 Å². The molecule has 1 aliphatic carbocycles. The molecule has 5 rings (SSSR count). The number of aryl methyl sites for hydroxylation is 1. The number of carbonyl (C=O) groups excluding carboxylic acids is 4. The number of carbonyl (C=O) groups is 4. The second-order valence-corrected chi connectivity index (χ2v) is 9.21. The van der Waals surface area contributed by atoms with Gasteiger partial charge in [-0.1, -0.05) is 24.3 Å². The Bertz CT molecular complexity index is 1190. The Hall–Kier alpha value is -3.74. The second kappa shape index (κ2) is 8.56. The van der Waals surface area contributed by atoms with Crippen LogP contribution in [0.4, 0.5) is 11.4 Å². The first-order valence-corrected chi connectivity index (χ1v) is 11.6. The SMILES string of the molecule is Cc1cccc(N2C[C@H](C(=O)Oc3ccc(N4C(=O)[C@H]5CC=CC[C@H]5C4=O)cc3)CC2=O)c1C. The molecule has 174 valence electrons. The molecule has 0 radical (unpaired) electrons. The van der Waals surface area contributed by atoms with E-state index in [0.29, 0.717) is 24.3 Å². The van der Waals surface area contributed by atoms with Crippen molar-refractivity contribution in [1.82, 2.24) is 0 Å². The number of hydrogen-bond donors (Lipinski definition) is 0. The monoisotopic (exact) mass is 458 g/mol. The van der Waals surface area contributed by atoms with Crippen LogP contribution in [-0.4, -0.2) is 30.2 Å². The summed E-state index contributed by atoms with van der Waals surface area (Å²) in [4.78, 5) is 53.8. The van der Waals surface area contributed by atoms with Crippen molar-refractivity contribution in [2.45, 2.75) is 33.1 Å². The number of esters is 1. The topological polar surface area (TPSA) is 84.0 Å². The molecule has 2 aromatic rings. The smallest absolute Gasteiger partial charge is 0.316 e. The van der Waals surface area contributed by atoms with E-state index in [4.69, 9.17) is 4.74 Å². The van der Waals surface area contributed by atoms with E-state index >= 15 is 0 Å². The minimum absolute atomic E-state index is 0.0951. The fourth-order valence-electron chi connectivity index (χ4n) is 5.04. The summed E-state index contributed by atoms with van der Waals surface area (Å²) in [6.07, 6.45) is 5.17. The number of anilines is 2. The number of imide groups is 1. The van der Waals surface area contributed by atoms with Gasteiger partial charge in [-0.25, -0.2) is 0 Å². The molecule has 2 aromatic carbocycles. The van der Waals surface area contributed by atoms with Crippen LogP contribution in [-0.2, 0) is 19.2 Å². The molecule has 34 heavy (non-hydrogen) atoms. The standard InChI is InChI=1S/C27H26N2O5/c1-16-6-5-9-23(17(16)2)28-15-18(14-24(28)30)27(33)34-20-12-10-19(11-13-20)29-25(31)21-7-3-4-8-22(21)26(29)32/h3-6,9-13,18,21-22H,7-8,14-15H2,1-2H3/t18-,21-,22+/m1/s1. The number of hydrogen-bond acceptors (Lipinski definition) is 5. The number of fused-ring (bicyclic) bond motifs is 1. The van der Waals surface area contributed by atoms with Crippen LogP contribution in [0.2, 0.25) is 0 Å². The second-order valence-electron chi connectivity index (χ2n) is 9.21. The van der Waals surface area contributed by atoms with Crippen molar-refractivity contribution in [3.8, 4) is 5.75 Å². The minimum atomic E-state index is -0.565. The number of amides is 3. The first-order chi connectivity index (χ1) is 16.3. The first kappa shape index (κ1) is 22.1. The molecule has 2 aliphatic heterocycles. The lowest BCUT2D eigenvalue weighted by Crippen LogP contribution is -2.30. The zero-order valence-electron chi connectivity index (χ0n) is 19.2. The largest absolute Gasteiger partial charge is 0.426 e. The van der Waals surface area contributed by atoms with Gasteiger partial charge in [-0.2, -0.15) is 0 Å². The molecule has 0 N–H and O–H groups in total. The van der Waals surface area contributed by atoms with Gasteiger partial charge in [0.05, 0.1) is 23.4 Å². The fraction of sp³-hybridized carbons (Fsp3) is 0.333. The summed E-state index contributed by atoms with van der Waals surface area (Å²) in [5.41, 5.74) is 3.39. The molecule has 2 heterocycles. The Balaban J connectivity index is 1.25. The maximum Gasteiger partial charge on any atom is 0.316 e. The van der Waals surface area contributed by atoms with Crippen molar-refractivity contribution in [2.75, 3.05) is 16.3 Å². The highest BCUT2D eigenvalue weighted by atomic mass is 16.5. The number of allylic oxidation sites excluding steroid dienone is 2. The van der Waals surface area contributed by atoms with E-state index in [-0.39, 0.29) is 42.5 Å². The molecule has 2 saturated heterocycles. The third-order valence-corrected chi connectivity index (χ3v) is 7.15. The van der Waals surface area contributed by atoms with Gasteiger partial charge in [0.2, 0.25) is 17.7 Å². The van der Waals surface area contributed by atoms with Gasteiger partial charge in [0, 0.05) is 18.7 Å². The quantitative estimate of drug-likeness (QED) is 0.302. The van der Waals surface area contributed by atoms with Gasteiger partial charge >= 0.3 is 5.97 Å². The highest BCUT2D eigenvalue weighted by Gasteiger charge is 2.47. The van der Waals surface area contributed by atoms with Gasteiger partial charge in [-0.3, -0.25) is 24.1 Å². The molecular weight excluding hydrogens is 432 g/mol. The van der Waals surface area contributed by atoms with E-state index in [1.807, 2.05) is 44.2 Å². The van der Waals surface area contributed by atoms with Crippen LogP contribution in [0.3, 0.4) is 0 Å². The van der Waals surface area contributed by atoms with Crippen molar-refractivity contribution in [2.24, 2.45) is 17.8 Å². The van der Waals surface area contributed by atoms with Crippen molar-refractivity contribution in [3.05, 3.63) is 65.7 Å². The van der Waals surface area contributed by atoms with E-state index in [1.165, 1.54) is 4.90 Å². The van der Waals surface area contributed by atoms with Gasteiger partial charge in [0.15, 0.2) is 0 Å². The van der Waals surface area contributed by atoms with Crippen LogP contribution in [0.1, 0.15) is 30.4 Å². The molecule has 0 bridgehead atoms. The molecule has 2 fully saturated rings. The molecule has 0 aromatic heterocycles. The summed E-state index contributed by atoms with van der Waals surface area (Å²) >= 11 is 0. The molecule has 3 atom stereocenters. The Kier molecular flexibility index (Phi) is 5.55. The van der Waals surface area contributed by atoms with Gasteiger partial charge < -0.3 is 9.64 Å². The maximum atomic E-state index is 12.8. The molecule has 0 spiro atoms. The highest BCUT2D eigenvalue weighted by Crippen LogP contribution is 2.38. The van der Waals surface area contributed by atoms with Crippen molar-refractivity contribution < 1.29 is 23.9 Å². The van der Waals surface area contributed by atoms with E-state index in [1.54, 1.807) is 29.2 Å². The fourth-order valence-corrected chi connectivity index (χ4v) is 5.04. The molecule has 3 aliphatic rings. The van der Waals surface area contributed by atoms with E-state index in [0.717, 1.165) is 16.8 Å². The summed E-state index contributed by atoms with van der Waals surface area (Å²) in [6, 6.07) is 12.2. The van der Waals surface area contributed by atoms with Gasteiger partial charge in [-0.15, -0.1) is 0 Å². The van der Waals surface area contributed by atoms with E-state index < -0.39 is 11.9 Å². The zero-order valence-corrected chi connectivity index (χ0v) is 19.2. The average Bonchev–Trinajstić information content (AvgIpc) is 3.34. The number of rotatable bonds is 4. The summed E-state index contributed by atoms with van der Waals surface area (Å²) < 4.78 is 5.53. The predicted molar refractivity (Wildman–Crippen MR) is 126 cm³/mol. The molecule has 0 saturated carbocycles. The molecule has 7 heteroatoms. The summed E-state index contributed by atoms with van der Waals surface area (Å²) in [5.74, 6) is -1.79. The Morgan fingerprint density at radius 2 is 1.56 bits per heavy atom. The lowest BCUT2D eigenvalue weighted by molar-refractivity contribution is -0.139. The lowest BCUT2D eigenvalue weighted by Gasteiger charge is -2.20. The maximum absolute atomic E-state index is 12.8. The highest BCUT2D eigenvalue weighted by molar-refractivity contribution is 6.22. The number of ether oxygens (including phenoxy) is 1. The minimum Gasteiger partial charge on any atom is -0.426 e.